The van der Waals surface area contributed by atoms with E-state index in [-0.39, 0.29) is 17.8 Å². The number of carbonyl (C=O) groups is 2. The fourth-order valence-electron chi connectivity index (χ4n) is 3.72. The number of imidazole rings is 1. The van der Waals surface area contributed by atoms with Gasteiger partial charge in [0.05, 0.1) is 6.42 Å². The van der Waals surface area contributed by atoms with Crippen LogP contribution in [-0.2, 0) is 12.3 Å². The van der Waals surface area contributed by atoms with Gasteiger partial charge in [-0.15, -0.1) is 10.2 Å². The van der Waals surface area contributed by atoms with E-state index in [1.807, 2.05) is 4.98 Å². The largest absolute Gasteiger partial charge is 0.459 e. The molecule has 37 heavy (non-hydrogen) atoms. The molecule has 2 heterocycles. The number of Topliss-reactive ketones (excluding diaryl/α,β-unsaturated/α-hetero) is 2. The number of nitrogens with zero attached hydrogens (tertiary/aromatic N) is 4. The zero-order valence-electron chi connectivity index (χ0n) is 19.2. The van der Waals surface area contributed by atoms with Crippen LogP contribution in [0.15, 0.2) is 48.5 Å². The molecule has 2 aromatic carbocycles. The molecule has 0 radical (unpaired) electrons. The summed E-state index contributed by atoms with van der Waals surface area (Å²) in [5.41, 5.74) is -0.586. The van der Waals surface area contributed by atoms with Crippen molar-refractivity contribution in [1.29, 1.82) is 0 Å². The number of hydrogen-bond donors (Lipinski definition) is 2. The predicted octanol–water partition coefficient (Wildman–Crippen LogP) is 5.32. The Morgan fingerprint density at radius 3 is 2.19 bits per heavy atom. The van der Waals surface area contributed by atoms with Gasteiger partial charge in [-0.05, 0) is 22.8 Å². The number of ketones is 2. The Morgan fingerprint density at radius 2 is 1.59 bits per heavy atom. The molecule has 0 aliphatic carbocycles. The molecule has 4 aromatic rings. The second kappa shape index (κ2) is 9.99. The van der Waals surface area contributed by atoms with Crippen LogP contribution >= 0.6 is 0 Å². The van der Waals surface area contributed by atoms with E-state index in [4.69, 9.17) is 0 Å². The maximum absolute atomic E-state index is 14.1. The molecule has 0 amide bonds. The van der Waals surface area contributed by atoms with Gasteiger partial charge in [0.25, 0.3) is 0 Å². The second-order valence-corrected chi connectivity index (χ2v) is 8.11. The fraction of sp³-hybridized carbons (Fsp3) is 0.250. The number of halogens is 5. The molecule has 0 spiro atoms. The lowest BCUT2D eigenvalue weighted by molar-refractivity contribution is -0.290. The lowest BCUT2D eigenvalue weighted by Crippen LogP contribution is -2.35. The summed E-state index contributed by atoms with van der Waals surface area (Å²) < 4.78 is 67.2. The van der Waals surface area contributed by atoms with Gasteiger partial charge in [0.15, 0.2) is 11.6 Å². The van der Waals surface area contributed by atoms with Crippen LogP contribution in [0.2, 0.25) is 0 Å². The molecule has 0 saturated heterocycles. The average Bonchev–Trinajstić information content (AvgIpc) is 3.55. The summed E-state index contributed by atoms with van der Waals surface area (Å²) in [6.45, 7) is 1.67. The van der Waals surface area contributed by atoms with Crippen molar-refractivity contribution in [3.8, 4) is 22.5 Å². The first-order chi connectivity index (χ1) is 17.5. The first kappa shape index (κ1) is 25.8. The number of hydrogen-bond acceptors (Lipinski definition) is 6. The van der Waals surface area contributed by atoms with E-state index in [1.165, 1.54) is 12.1 Å². The van der Waals surface area contributed by atoms with Crippen LogP contribution < -0.4 is 0 Å². The van der Waals surface area contributed by atoms with Crippen LogP contribution in [0, 0.1) is 0 Å². The first-order valence-electron chi connectivity index (χ1n) is 11.1. The zero-order chi connectivity index (χ0) is 26.8. The monoisotopic (exact) mass is 518 g/mol. The normalized spacial score (nSPS) is 12.1. The van der Waals surface area contributed by atoms with Crippen LogP contribution in [-0.4, -0.2) is 48.3 Å². The van der Waals surface area contributed by atoms with Crippen molar-refractivity contribution < 1.29 is 31.5 Å². The summed E-state index contributed by atoms with van der Waals surface area (Å²) >= 11 is 0. The topological polar surface area (TPSA) is 117 Å². The van der Waals surface area contributed by atoms with Gasteiger partial charge < -0.3 is 4.98 Å². The molecule has 0 bridgehead atoms. The third-order valence-electron chi connectivity index (χ3n) is 5.53. The smallest absolute Gasteiger partial charge is 0.340 e. The first-order valence-corrected chi connectivity index (χ1v) is 11.1. The molecule has 192 valence electrons. The van der Waals surface area contributed by atoms with E-state index in [0.717, 1.165) is 5.56 Å². The number of rotatable bonds is 9. The van der Waals surface area contributed by atoms with Crippen molar-refractivity contribution >= 4 is 11.6 Å². The van der Waals surface area contributed by atoms with Gasteiger partial charge in [0.2, 0.25) is 5.82 Å². The summed E-state index contributed by atoms with van der Waals surface area (Å²) in [7, 11) is 0. The Labute approximate surface area is 206 Å². The molecule has 4 rings (SSSR count). The molecular formula is C24H19F5N6O2. The Morgan fingerprint density at radius 1 is 0.919 bits per heavy atom. The molecule has 2 N–H and O–H groups in total. The Bertz CT molecular complexity index is 1410. The van der Waals surface area contributed by atoms with Gasteiger partial charge in [-0.25, -0.2) is 4.98 Å². The molecule has 0 unspecified atom stereocenters. The molecule has 0 fully saturated rings. The summed E-state index contributed by atoms with van der Waals surface area (Å²) in [6.07, 6.45) is -6.44. The molecule has 13 heteroatoms. The summed E-state index contributed by atoms with van der Waals surface area (Å²) in [5.74, 6) is -7.18. The quantitative estimate of drug-likeness (QED) is 0.176. The fourth-order valence-corrected chi connectivity index (χ4v) is 3.72. The summed E-state index contributed by atoms with van der Waals surface area (Å²) in [6, 6.07) is 13.2. The van der Waals surface area contributed by atoms with E-state index in [1.54, 1.807) is 43.3 Å². The van der Waals surface area contributed by atoms with Crippen LogP contribution in [0.25, 0.3) is 22.5 Å². The average molecular weight is 518 g/mol. The highest BCUT2D eigenvalue weighted by Crippen LogP contribution is 2.44. The molecule has 0 aliphatic heterocycles. The van der Waals surface area contributed by atoms with Crippen LogP contribution in [0.5, 0.6) is 0 Å². The number of alkyl halides is 5. The number of nitrogens with one attached hydrogen (secondary N) is 2. The van der Waals surface area contributed by atoms with E-state index in [9.17, 15) is 31.5 Å². The maximum Gasteiger partial charge on any atom is 0.459 e. The maximum atomic E-state index is 14.1. The predicted molar refractivity (Wildman–Crippen MR) is 121 cm³/mol. The zero-order valence-corrected chi connectivity index (χ0v) is 19.2. The number of aromatic nitrogens is 6. The second-order valence-electron chi connectivity index (χ2n) is 8.11. The Balaban J connectivity index is 1.57. The number of aryl methyl sites for hydroxylation is 1. The molecule has 8 nitrogen and oxygen atoms in total. The van der Waals surface area contributed by atoms with Crippen molar-refractivity contribution in [2.75, 3.05) is 0 Å². The van der Waals surface area contributed by atoms with E-state index in [2.05, 4.69) is 25.6 Å². The number of tetrazole rings is 1. The van der Waals surface area contributed by atoms with Gasteiger partial charge in [0.1, 0.15) is 17.2 Å². The number of aromatic amines is 2. The lowest BCUT2D eigenvalue weighted by atomic mass is 9.96. The molecule has 0 atom stereocenters. The minimum atomic E-state index is -5.95. The van der Waals surface area contributed by atoms with Crippen molar-refractivity contribution in [3.05, 3.63) is 71.3 Å². The Kier molecular flexibility index (Phi) is 6.96. The van der Waals surface area contributed by atoms with Crippen molar-refractivity contribution in [2.45, 2.75) is 38.3 Å². The number of benzene rings is 2. The molecular weight excluding hydrogens is 499 g/mol. The van der Waals surface area contributed by atoms with Gasteiger partial charge in [-0.2, -0.15) is 27.2 Å². The standard InChI is InChI=1S/C24H19F5N6O2/c1-2-5-19-30-20(21(31-19)23(25,26)24(27,28)29)18(37)12-17(36)14-10-8-13(9-11-14)15-6-3-4-7-16(15)22-32-34-35-33-22/h3-4,6-11H,2,5,12H2,1H3,(H,30,31)(H,32,33,34,35). The number of H-pyrrole nitrogens is 2. The molecule has 0 saturated carbocycles. The summed E-state index contributed by atoms with van der Waals surface area (Å²) in [4.78, 5) is 31.0. The summed E-state index contributed by atoms with van der Waals surface area (Å²) in [5, 5.41) is 13.8. The van der Waals surface area contributed by atoms with Crippen LogP contribution in [0.3, 0.4) is 0 Å². The van der Waals surface area contributed by atoms with Gasteiger partial charge in [-0.1, -0.05) is 55.5 Å². The van der Waals surface area contributed by atoms with Crippen molar-refractivity contribution in [1.82, 2.24) is 30.6 Å². The van der Waals surface area contributed by atoms with Gasteiger partial charge in [-0.3, -0.25) is 9.59 Å². The Hall–Kier alpha value is -4.29. The minimum absolute atomic E-state index is 0.0506. The van der Waals surface area contributed by atoms with E-state index in [0.29, 0.717) is 23.4 Å². The SMILES string of the molecule is CCCc1nc(C(=O)CC(=O)c2ccc(-c3ccccc3-c3nn[nH]n3)cc2)c(C(F)(F)C(F)(F)F)[nH]1. The third-order valence-corrected chi connectivity index (χ3v) is 5.53. The third kappa shape index (κ3) is 5.15. The van der Waals surface area contributed by atoms with E-state index < -0.39 is 41.5 Å². The molecule has 2 aromatic heterocycles. The minimum Gasteiger partial charge on any atom is -0.340 e. The van der Waals surface area contributed by atoms with Crippen molar-refractivity contribution in [2.24, 2.45) is 0 Å². The highest BCUT2D eigenvalue weighted by Gasteiger charge is 2.61. The van der Waals surface area contributed by atoms with Crippen LogP contribution in [0.1, 0.15) is 52.1 Å². The van der Waals surface area contributed by atoms with Gasteiger partial charge in [0, 0.05) is 17.5 Å². The highest BCUT2D eigenvalue weighted by atomic mass is 19.4. The van der Waals surface area contributed by atoms with Crippen LogP contribution in [0.4, 0.5) is 22.0 Å². The van der Waals surface area contributed by atoms with Gasteiger partial charge >= 0.3 is 12.1 Å². The lowest BCUT2D eigenvalue weighted by Gasteiger charge is -2.19. The van der Waals surface area contributed by atoms with Crippen molar-refractivity contribution in [3.63, 3.8) is 0 Å². The number of carbonyl (C=O) groups excluding carboxylic acids is 2. The highest BCUT2D eigenvalue weighted by molar-refractivity contribution is 6.13. The van der Waals surface area contributed by atoms with E-state index >= 15 is 0 Å². The molecule has 0 aliphatic rings.